The summed E-state index contributed by atoms with van der Waals surface area (Å²) in [5.41, 5.74) is 7.78. The Morgan fingerprint density at radius 2 is 1.94 bits per heavy atom. The highest BCUT2D eigenvalue weighted by Crippen LogP contribution is 2.33. The number of aryl methyl sites for hydroxylation is 1. The molecule has 4 nitrogen and oxygen atoms in total. The van der Waals surface area contributed by atoms with E-state index in [-0.39, 0.29) is 5.82 Å². The van der Waals surface area contributed by atoms with Crippen molar-refractivity contribution in [2.24, 2.45) is 7.05 Å². The van der Waals surface area contributed by atoms with Gasteiger partial charge in [-0.3, -0.25) is 0 Å². The van der Waals surface area contributed by atoms with Crippen LogP contribution >= 0.6 is 0 Å². The van der Waals surface area contributed by atoms with Crippen LogP contribution in [0.15, 0.2) is 36.8 Å². The van der Waals surface area contributed by atoms with E-state index in [2.05, 4.69) is 9.97 Å². The molecule has 2 N–H and O–H groups in total. The molecule has 2 heterocycles. The van der Waals surface area contributed by atoms with Crippen LogP contribution in [0.1, 0.15) is 0 Å². The highest BCUT2D eigenvalue weighted by molar-refractivity contribution is 6.00. The van der Waals surface area contributed by atoms with Gasteiger partial charge in [0.05, 0.1) is 5.39 Å². The predicted octanol–water partition coefficient (Wildman–Crippen LogP) is 2.36. The third-order valence-electron chi connectivity index (χ3n) is 2.95. The molecule has 1 aromatic carbocycles. The Morgan fingerprint density at radius 3 is 2.72 bits per heavy atom. The summed E-state index contributed by atoms with van der Waals surface area (Å²) < 4.78 is 15.7. The lowest BCUT2D eigenvalue weighted by Gasteiger charge is -2.02. The summed E-state index contributed by atoms with van der Waals surface area (Å²) in [6.07, 6.45) is 3.22. The molecule has 0 spiro atoms. The van der Waals surface area contributed by atoms with Crippen molar-refractivity contribution < 1.29 is 4.39 Å². The Hall–Kier alpha value is -2.43. The summed E-state index contributed by atoms with van der Waals surface area (Å²) in [7, 11) is 1.85. The number of anilines is 1. The molecule has 0 bridgehead atoms. The minimum atomic E-state index is -0.284. The van der Waals surface area contributed by atoms with Gasteiger partial charge in [-0.2, -0.15) is 0 Å². The van der Waals surface area contributed by atoms with Gasteiger partial charge in [-0.1, -0.05) is 18.2 Å². The highest BCUT2D eigenvalue weighted by atomic mass is 19.1. The summed E-state index contributed by atoms with van der Waals surface area (Å²) in [6.45, 7) is 0. The normalized spacial score (nSPS) is 11.0. The van der Waals surface area contributed by atoms with E-state index in [1.54, 1.807) is 18.2 Å². The third-order valence-corrected chi connectivity index (χ3v) is 2.95. The number of hydrogen-bond acceptors (Lipinski definition) is 3. The zero-order valence-corrected chi connectivity index (χ0v) is 9.76. The smallest absolute Gasteiger partial charge is 0.145 e. The number of rotatable bonds is 1. The fourth-order valence-corrected chi connectivity index (χ4v) is 2.12. The molecule has 0 saturated heterocycles. The van der Waals surface area contributed by atoms with Crippen molar-refractivity contribution >= 4 is 16.9 Å². The average Bonchev–Trinajstić information content (AvgIpc) is 2.69. The van der Waals surface area contributed by atoms with Crippen molar-refractivity contribution in [2.45, 2.75) is 0 Å². The first-order chi connectivity index (χ1) is 8.68. The first-order valence-electron chi connectivity index (χ1n) is 5.49. The van der Waals surface area contributed by atoms with E-state index in [4.69, 9.17) is 5.73 Å². The molecule has 3 rings (SSSR count). The van der Waals surface area contributed by atoms with Gasteiger partial charge in [-0.15, -0.1) is 0 Å². The standard InChI is InChI=1S/C13H11FN4/c1-18-6-9(8-4-2-3-5-10(8)14)11-12(15)16-7-17-13(11)18/h2-7H,1H3,(H2,15,16,17). The van der Waals surface area contributed by atoms with Gasteiger partial charge in [-0.05, 0) is 6.07 Å². The molecular weight excluding hydrogens is 231 g/mol. The van der Waals surface area contributed by atoms with Gasteiger partial charge in [0, 0.05) is 24.4 Å². The summed E-state index contributed by atoms with van der Waals surface area (Å²) >= 11 is 0. The number of fused-ring (bicyclic) bond motifs is 1. The van der Waals surface area contributed by atoms with Crippen molar-refractivity contribution in [1.29, 1.82) is 0 Å². The van der Waals surface area contributed by atoms with Gasteiger partial charge in [-0.25, -0.2) is 14.4 Å². The number of nitrogens with zero attached hydrogens (tertiary/aromatic N) is 3. The molecule has 0 aliphatic heterocycles. The van der Waals surface area contributed by atoms with Crippen LogP contribution < -0.4 is 5.73 Å². The molecular formula is C13H11FN4. The van der Waals surface area contributed by atoms with Crippen molar-refractivity contribution in [3.8, 4) is 11.1 Å². The summed E-state index contributed by atoms with van der Waals surface area (Å²) in [6, 6.07) is 6.59. The lowest BCUT2D eigenvalue weighted by atomic mass is 10.1. The number of aromatic nitrogens is 3. The van der Waals surface area contributed by atoms with Gasteiger partial charge < -0.3 is 10.3 Å². The van der Waals surface area contributed by atoms with E-state index in [1.807, 2.05) is 17.8 Å². The Morgan fingerprint density at radius 1 is 1.17 bits per heavy atom. The SMILES string of the molecule is Cn1cc(-c2ccccc2F)c2c(N)ncnc21. The van der Waals surface area contributed by atoms with Gasteiger partial charge in [0.15, 0.2) is 0 Å². The minimum absolute atomic E-state index is 0.284. The number of hydrogen-bond donors (Lipinski definition) is 1. The maximum Gasteiger partial charge on any atom is 0.145 e. The van der Waals surface area contributed by atoms with Crippen molar-refractivity contribution in [2.75, 3.05) is 5.73 Å². The monoisotopic (exact) mass is 242 g/mol. The van der Waals surface area contributed by atoms with Crippen molar-refractivity contribution in [1.82, 2.24) is 14.5 Å². The predicted molar refractivity (Wildman–Crippen MR) is 68.3 cm³/mol. The molecule has 0 radical (unpaired) electrons. The topological polar surface area (TPSA) is 56.7 Å². The van der Waals surface area contributed by atoms with Crippen LogP contribution in [0.2, 0.25) is 0 Å². The largest absolute Gasteiger partial charge is 0.383 e. The molecule has 18 heavy (non-hydrogen) atoms. The molecule has 0 unspecified atom stereocenters. The van der Waals surface area contributed by atoms with Crippen LogP contribution in [-0.4, -0.2) is 14.5 Å². The van der Waals surface area contributed by atoms with Crippen molar-refractivity contribution in [3.05, 3.63) is 42.6 Å². The van der Waals surface area contributed by atoms with Crippen LogP contribution in [-0.2, 0) is 7.05 Å². The van der Waals surface area contributed by atoms with E-state index in [0.29, 0.717) is 28.0 Å². The molecule has 0 amide bonds. The fourth-order valence-electron chi connectivity index (χ4n) is 2.12. The highest BCUT2D eigenvalue weighted by Gasteiger charge is 2.15. The lowest BCUT2D eigenvalue weighted by molar-refractivity contribution is 0.631. The molecule has 0 aliphatic carbocycles. The molecule has 5 heteroatoms. The van der Waals surface area contributed by atoms with Gasteiger partial charge in [0.1, 0.15) is 23.6 Å². The first-order valence-corrected chi connectivity index (χ1v) is 5.49. The van der Waals surface area contributed by atoms with E-state index in [9.17, 15) is 4.39 Å². The van der Waals surface area contributed by atoms with Gasteiger partial charge in [0.25, 0.3) is 0 Å². The van der Waals surface area contributed by atoms with Crippen LogP contribution in [0.25, 0.3) is 22.2 Å². The first kappa shape index (κ1) is 10.7. The molecule has 0 fully saturated rings. The summed E-state index contributed by atoms with van der Waals surface area (Å²) in [5.74, 6) is 0.0760. The van der Waals surface area contributed by atoms with E-state index in [1.165, 1.54) is 12.4 Å². The molecule has 0 atom stereocenters. The minimum Gasteiger partial charge on any atom is -0.383 e. The molecule has 0 aliphatic rings. The quantitative estimate of drug-likeness (QED) is 0.712. The Bertz CT molecular complexity index is 733. The molecule has 0 saturated carbocycles. The van der Waals surface area contributed by atoms with Crippen LogP contribution in [0.5, 0.6) is 0 Å². The molecule has 3 aromatic rings. The number of nitrogen functional groups attached to an aromatic ring is 1. The second-order valence-electron chi connectivity index (χ2n) is 4.09. The molecule has 90 valence electrons. The van der Waals surface area contributed by atoms with Crippen LogP contribution in [0.3, 0.4) is 0 Å². The Kier molecular flexibility index (Phi) is 2.26. The third kappa shape index (κ3) is 1.44. The number of nitrogens with two attached hydrogens (primary N) is 1. The summed E-state index contributed by atoms with van der Waals surface area (Å²) in [5, 5.41) is 0.685. The average molecular weight is 242 g/mol. The molecule has 2 aromatic heterocycles. The lowest BCUT2D eigenvalue weighted by Crippen LogP contribution is -1.94. The van der Waals surface area contributed by atoms with Gasteiger partial charge in [0.2, 0.25) is 0 Å². The van der Waals surface area contributed by atoms with Crippen LogP contribution in [0, 0.1) is 5.82 Å². The Labute approximate surface area is 103 Å². The summed E-state index contributed by atoms with van der Waals surface area (Å²) in [4.78, 5) is 8.13. The maximum absolute atomic E-state index is 13.9. The van der Waals surface area contributed by atoms with E-state index < -0.39 is 0 Å². The zero-order chi connectivity index (χ0) is 12.7. The fraction of sp³-hybridized carbons (Fsp3) is 0.0769. The van der Waals surface area contributed by atoms with Crippen molar-refractivity contribution in [3.63, 3.8) is 0 Å². The second-order valence-corrected chi connectivity index (χ2v) is 4.09. The maximum atomic E-state index is 13.9. The second kappa shape index (κ2) is 3.80. The van der Waals surface area contributed by atoms with E-state index >= 15 is 0 Å². The zero-order valence-electron chi connectivity index (χ0n) is 9.76. The van der Waals surface area contributed by atoms with E-state index in [0.717, 1.165) is 0 Å². The van der Waals surface area contributed by atoms with Gasteiger partial charge >= 0.3 is 0 Å². The number of halogens is 1. The number of benzene rings is 1. The van der Waals surface area contributed by atoms with Crippen LogP contribution in [0.4, 0.5) is 10.2 Å². The Balaban J connectivity index is 2.41.